The Morgan fingerprint density at radius 2 is 2.12 bits per heavy atom. The molecule has 8 heteroatoms. The van der Waals surface area contributed by atoms with Crippen LogP contribution in [-0.4, -0.2) is 45.7 Å². The average Bonchev–Trinajstić information content (AvgIpc) is 2.93. The first kappa shape index (κ1) is 18.1. The van der Waals surface area contributed by atoms with E-state index < -0.39 is 23.4 Å². The van der Waals surface area contributed by atoms with Crippen LogP contribution in [0.5, 0.6) is 11.5 Å². The molecule has 8 nitrogen and oxygen atoms in total. The van der Waals surface area contributed by atoms with Crippen LogP contribution in [0.2, 0.25) is 0 Å². The van der Waals surface area contributed by atoms with Crippen LogP contribution in [-0.2, 0) is 16.0 Å². The summed E-state index contributed by atoms with van der Waals surface area (Å²) >= 11 is 0. The zero-order valence-corrected chi connectivity index (χ0v) is 14.8. The molecule has 0 saturated carbocycles. The highest BCUT2D eigenvalue weighted by molar-refractivity contribution is 5.77. The molecule has 0 fully saturated rings. The Kier molecular flexibility index (Phi) is 4.53. The fraction of sp³-hybridized carbons (Fsp3) is 0.444. The van der Waals surface area contributed by atoms with Crippen molar-refractivity contribution >= 4 is 5.97 Å². The number of esters is 1. The molecule has 2 aromatic rings. The Bertz CT molecular complexity index is 882. The van der Waals surface area contributed by atoms with Gasteiger partial charge >= 0.3 is 5.97 Å². The van der Waals surface area contributed by atoms with Crippen LogP contribution in [0.4, 0.5) is 0 Å². The minimum Gasteiger partial charge on any atom is -0.504 e. The number of fused-ring (bicyclic) bond motifs is 1. The molecule has 0 saturated heterocycles. The Morgan fingerprint density at radius 1 is 1.38 bits per heavy atom. The highest BCUT2D eigenvalue weighted by atomic mass is 16.5. The van der Waals surface area contributed by atoms with E-state index in [0.717, 1.165) is 0 Å². The number of carbonyl (C=O) groups is 1. The summed E-state index contributed by atoms with van der Waals surface area (Å²) in [4.78, 5) is 25.1. The first-order valence-corrected chi connectivity index (χ1v) is 8.35. The van der Waals surface area contributed by atoms with E-state index in [9.17, 15) is 19.8 Å². The Hall–Kier alpha value is -2.74. The second-order valence-electron chi connectivity index (χ2n) is 6.64. The van der Waals surface area contributed by atoms with Crippen molar-refractivity contribution in [3.05, 3.63) is 45.4 Å². The predicted octanol–water partition coefficient (Wildman–Crippen LogP) is 1.04. The third-order valence-corrected chi connectivity index (χ3v) is 4.85. The number of hydrogen-bond donors (Lipinski definition) is 4. The van der Waals surface area contributed by atoms with Crippen molar-refractivity contribution in [2.75, 3.05) is 13.7 Å². The number of phenolic OH excluding ortho intramolecular Hbond substituents is 1. The normalized spacial score (nSPS) is 24.8. The molecule has 1 heterocycles. The average molecular weight is 362 g/mol. The molecule has 0 unspecified atom stereocenters. The zero-order chi connectivity index (χ0) is 19.1. The number of aliphatic hydroxyl groups is 1. The molecule has 1 aromatic carbocycles. The van der Waals surface area contributed by atoms with E-state index in [1.54, 1.807) is 26.0 Å². The van der Waals surface area contributed by atoms with Crippen molar-refractivity contribution in [3.8, 4) is 11.5 Å². The molecular weight excluding hydrogens is 340 g/mol. The van der Waals surface area contributed by atoms with E-state index >= 15 is 0 Å². The lowest BCUT2D eigenvalue weighted by Crippen LogP contribution is -2.50. The summed E-state index contributed by atoms with van der Waals surface area (Å²) in [6, 6.07) is 4.59. The highest BCUT2D eigenvalue weighted by Crippen LogP contribution is 2.45. The van der Waals surface area contributed by atoms with Crippen molar-refractivity contribution < 1.29 is 24.5 Å². The molecule has 0 bridgehead atoms. The molecule has 0 amide bonds. The molecule has 3 atom stereocenters. The summed E-state index contributed by atoms with van der Waals surface area (Å²) in [5.41, 5.74) is -0.314. The van der Waals surface area contributed by atoms with Crippen LogP contribution in [0.1, 0.15) is 36.6 Å². The minimum atomic E-state index is -1.43. The maximum atomic E-state index is 12.7. The number of aromatic hydroxyl groups is 1. The van der Waals surface area contributed by atoms with Gasteiger partial charge in [-0.25, -0.2) is 0 Å². The predicted molar refractivity (Wildman–Crippen MR) is 92.4 cm³/mol. The monoisotopic (exact) mass is 362 g/mol. The van der Waals surface area contributed by atoms with Crippen LogP contribution in [0, 0.1) is 5.92 Å². The first-order chi connectivity index (χ1) is 12.3. The zero-order valence-electron chi connectivity index (χ0n) is 14.8. The molecule has 140 valence electrons. The molecule has 0 aliphatic heterocycles. The number of H-pyrrole nitrogens is 2. The summed E-state index contributed by atoms with van der Waals surface area (Å²) in [5.74, 6) is -2.17. The number of aromatic amines is 2. The van der Waals surface area contributed by atoms with Crippen LogP contribution in [0.25, 0.3) is 0 Å². The summed E-state index contributed by atoms with van der Waals surface area (Å²) in [7, 11) is 1.41. The fourth-order valence-electron chi connectivity index (χ4n) is 3.73. The maximum absolute atomic E-state index is 12.7. The van der Waals surface area contributed by atoms with Gasteiger partial charge in [0, 0.05) is 23.6 Å². The number of rotatable bonds is 4. The van der Waals surface area contributed by atoms with Crippen LogP contribution >= 0.6 is 0 Å². The van der Waals surface area contributed by atoms with Crippen molar-refractivity contribution in [3.63, 3.8) is 0 Å². The SMILES string of the molecule is CCOC(=O)[C@@H]1[C@H](c2ccc(O)c(OC)c2)c2c([nH][nH]c2=O)C[C@]1(C)O. The number of hydrogen-bond acceptors (Lipinski definition) is 6. The molecule has 3 rings (SSSR count). The van der Waals surface area contributed by atoms with Crippen LogP contribution < -0.4 is 10.3 Å². The van der Waals surface area contributed by atoms with E-state index in [2.05, 4.69) is 10.2 Å². The molecule has 1 aliphatic rings. The van der Waals surface area contributed by atoms with Gasteiger partial charge in [-0.1, -0.05) is 6.07 Å². The third kappa shape index (κ3) is 2.86. The van der Waals surface area contributed by atoms with Gasteiger partial charge in [-0.3, -0.25) is 14.7 Å². The second-order valence-corrected chi connectivity index (χ2v) is 6.64. The molecule has 4 N–H and O–H groups in total. The minimum absolute atomic E-state index is 0.0605. The van der Waals surface area contributed by atoms with Crippen LogP contribution in [0.15, 0.2) is 23.0 Å². The summed E-state index contributed by atoms with van der Waals surface area (Å²) < 4.78 is 10.3. The largest absolute Gasteiger partial charge is 0.504 e. The smallest absolute Gasteiger partial charge is 0.312 e. The second kappa shape index (κ2) is 6.53. The lowest BCUT2D eigenvalue weighted by molar-refractivity contribution is -0.159. The summed E-state index contributed by atoms with van der Waals surface area (Å²) in [6.45, 7) is 3.39. The van der Waals surface area contributed by atoms with Gasteiger partial charge in [-0.2, -0.15) is 0 Å². The van der Waals surface area contributed by atoms with E-state index in [4.69, 9.17) is 9.47 Å². The highest BCUT2D eigenvalue weighted by Gasteiger charge is 2.51. The fourth-order valence-corrected chi connectivity index (χ4v) is 3.73. The summed E-state index contributed by atoms with van der Waals surface area (Å²) in [5, 5.41) is 26.2. The van der Waals surface area contributed by atoms with Gasteiger partial charge in [0.05, 0.1) is 25.2 Å². The molecule has 0 spiro atoms. The topological polar surface area (TPSA) is 125 Å². The van der Waals surface area contributed by atoms with E-state index in [1.807, 2.05) is 0 Å². The van der Waals surface area contributed by atoms with Crippen LogP contribution in [0.3, 0.4) is 0 Å². The lowest BCUT2D eigenvalue weighted by atomic mass is 9.66. The number of benzene rings is 1. The first-order valence-electron chi connectivity index (χ1n) is 8.35. The summed E-state index contributed by atoms with van der Waals surface area (Å²) in [6.07, 6.45) is 0.107. The Morgan fingerprint density at radius 3 is 2.77 bits per heavy atom. The molecular formula is C18H22N2O6. The molecule has 1 aliphatic carbocycles. The number of phenols is 1. The number of nitrogens with one attached hydrogen (secondary N) is 2. The maximum Gasteiger partial charge on any atom is 0.312 e. The van der Waals surface area contributed by atoms with Crippen molar-refractivity contribution in [1.29, 1.82) is 0 Å². The third-order valence-electron chi connectivity index (χ3n) is 4.85. The van der Waals surface area contributed by atoms with E-state index in [-0.39, 0.29) is 30.1 Å². The number of carbonyl (C=O) groups excluding carboxylic acids is 1. The standard InChI is InChI=1S/C18H22N2O6/c1-4-26-17(23)15-13(9-5-6-11(21)12(7-9)25-3)14-10(8-18(15,2)24)19-20-16(14)22/h5-7,13,15,21,24H,4,8H2,1-3H3,(H2,19,20,22)/t13-,15+,18+/m1/s1. The Balaban J connectivity index is 2.23. The molecule has 0 radical (unpaired) electrons. The van der Waals surface area contributed by atoms with Gasteiger partial charge in [-0.05, 0) is 31.5 Å². The van der Waals surface area contributed by atoms with Gasteiger partial charge in [-0.15, -0.1) is 0 Å². The van der Waals surface area contributed by atoms with Crippen molar-refractivity contribution in [1.82, 2.24) is 10.2 Å². The quantitative estimate of drug-likeness (QED) is 0.602. The Labute approximate surface area is 149 Å². The lowest BCUT2D eigenvalue weighted by Gasteiger charge is -2.40. The van der Waals surface area contributed by atoms with Gasteiger partial charge < -0.3 is 24.8 Å². The molecule has 1 aromatic heterocycles. The van der Waals surface area contributed by atoms with Gasteiger partial charge in [0.25, 0.3) is 5.56 Å². The van der Waals surface area contributed by atoms with Gasteiger partial charge in [0.15, 0.2) is 11.5 Å². The van der Waals surface area contributed by atoms with E-state index in [0.29, 0.717) is 16.8 Å². The van der Waals surface area contributed by atoms with Gasteiger partial charge in [0.2, 0.25) is 0 Å². The number of methoxy groups -OCH3 is 1. The van der Waals surface area contributed by atoms with Gasteiger partial charge in [0.1, 0.15) is 0 Å². The number of ether oxygens (including phenoxy) is 2. The van der Waals surface area contributed by atoms with Crippen molar-refractivity contribution in [2.24, 2.45) is 5.92 Å². The number of aromatic nitrogens is 2. The molecule has 26 heavy (non-hydrogen) atoms. The van der Waals surface area contributed by atoms with Crippen molar-refractivity contribution in [2.45, 2.75) is 31.8 Å². The van der Waals surface area contributed by atoms with E-state index in [1.165, 1.54) is 13.2 Å².